The summed E-state index contributed by atoms with van der Waals surface area (Å²) < 4.78 is 10.8. The fraction of sp³-hybridized carbons (Fsp3) is 0.571. The number of hydrogen-bond acceptors (Lipinski definition) is 3. The SMILES string of the molecule is CCCCc1ccc(OCCOCCS)cc1. The van der Waals surface area contributed by atoms with Gasteiger partial charge in [0.15, 0.2) is 0 Å². The summed E-state index contributed by atoms with van der Waals surface area (Å²) in [7, 11) is 0. The molecule has 0 aliphatic rings. The molecule has 1 aromatic carbocycles. The quantitative estimate of drug-likeness (QED) is 0.538. The molecule has 0 atom stereocenters. The number of hydrogen-bond donors (Lipinski definition) is 1. The molecule has 0 radical (unpaired) electrons. The molecule has 0 saturated carbocycles. The third kappa shape index (κ3) is 6.59. The molecule has 1 aromatic rings. The van der Waals surface area contributed by atoms with Gasteiger partial charge in [-0.1, -0.05) is 25.5 Å². The fourth-order valence-corrected chi connectivity index (χ4v) is 1.65. The van der Waals surface area contributed by atoms with Crippen LogP contribution in [0.1, 0.15) is 25.3 Å². The molecular weight excluding hydrogens is 232 g/mol. The van der Waals surface area contributed by atoms with Gasteiger partial charge in [0.1, 0.15) is 12.4 Å². The van der Waals surface area contributed by atoms with Gasteiger partial charge in [-0.25, -0.2) is 0 Å². The maximum atomic E-state index is 5.56. The van der Waals surface area contributed by atoms with E-state index >= 15 is 0 Å². The summed E-state index contributed by atoms with van der Waals surface area (Å²) in [5.41, 5.74) is 1.38. The average molecular weight is 254 g/mol. The second kappa shape index (κ2) is 9.37. The zero-order valence-electron chi connectivity index (χ0n) is 10.5. The van der Waals surface area contributed by atoms with Crippen molar-refractivity contribution in [1.82, 2.24) is 0 Å². The van der Waals surface area contributed by atoms with E-state index in [1.165, 1.54) is 18.4 Å². The molecule has 0 unspecified atom stereocenters. The first-order valence-electron chi connectivity index (χ1n) is 6.27. The maximum absolute atomic E-state index is 5.56. The highest BCUT2D eigenvalue weighted by Gasteiger charge is 1.95. The molecule has 0 aliphatic carbocycles. The second-order valence-electron chi connectivity index (χ2n) is 3.93. The van der Waals surface area contributed by atoms with Crippen LogP contribution in [0.25, 0.3) is 0 Å². The van der Waals surface area contributed by atoms with Crippen molar-refractivity contribution in [3.63, 3.8) is 0 Å². The van der Waals surface area contributed by atoms with Crippen LogP contribution in [0.5, 0.6) is 5.75 Å². The lowest BCUT2D eigenvalue weighted by molar-refractivity contribution is 0.112. The first kappa shape index (κ1) is 14.4. The Morgan fingerprint density at radius 3 is 2.47 bits per heavy atom. The molecule has 0 fully saturated rings. The van der Waals surface area contributed by atoms with E-state index in [0.717, 1.165) is 17.9 Å². The van der Waals surface area contributed by atoms with Gasteiger partial charge in [0.2, 0.25) is 0 Å². The molecule has 0 aliphatic heterocycles. The second-order valence-corrected chi connectivity index (χ2v) is 4.38. The smallest absolute Gasteiger partial charge is 0.119 e. The Balaban J connectivity index is 2.20. The van der Waals surface area contributed by atoms with E-state index in [1.54, 1.807) is 0 Å². The molecule has 0 heterocycles. The number of unbranched alkanes of at least 4 members (excludes halogenated alkanes) is 1. The first-order chi connectivity index (χ1) is 8.36. The van der Waals surface area contributed by atoms with Crippen LogP contribution in [0.3, 0.4) is 0 Å². The summed E-state index contributed by atoms with van der Waals surface area (Å²) in [4.78, 5) is 0. The van der Waals surface area contributed by atoms with Gasteiger partial charge in [-0.3, -0.25) is 0 Å². The average Bonchev–Trinajstić information content (AvgIpc) is 2.37. The summed E-state index contributed by atoms with van der Waals surface area (Å²) in [6.45, 7) is 4.12. The van der Waals surface area contributed by atoms with E-state index in [9.17, 15) is 0 Å². The van der Waals surface area contributed by atoms with E-state index < -0.39 is 0 Å². The Labute approximate surface area is 110 Å². The van der Waals surface area contributed by atoms with Gasteiger partial charge in [-0.15, -0.1) is 0 Å². The minimum Gasteiger partial charge on any atom is -0.491 e. The van der Waals surface area contributed by atoms with E-state index in [-0.39, 0.29) is 0 Å². The Kier molecular flexibility index (Phi) is 7.93. The summed E-state index contributed by atoms with van der Waals surface area (Å²) in [6.07, 6.45) is 3.64. The number of benzene rings is 1. The minimum atomic E-state index is 0.599. The predicted octanol–water partition coefficient (Wildman–Crippen LogP) is 3.35. The molecule has 3 heteroatoms. The Morgan fingerprint density at radius 2 is 1.82 bits per heavy atom. The highest BCUT2D eigenvalue weighted by atomic mass is 32.1. The number of thiol groups is 1. The van der Waals surface area contributed by atoms with Crippen LogP contribution >= 0.6 is 12.6 Å². The maximum Gasteiger partial charge on any atom is 0.119 e. The predicted molar refractivity (Wildman–Crippen MR) is 75.2 cm³/mol. The van der Waals surface area contributed by atoms with E-state index in [2.05, 4.69) is 31.7 Å². The lowest BCUT2D eigenvalue weighted by Crippen LogP contribution is -2.07. The molecule has 1 rings (SSSR count). The molecule has 0 bridgehead atoms. The van der Waals surface area contributed by atoms with Crippen molar-refractivity contribution in [3.8, 4) is 5.75 Å². The normalized spacial score (nSPS) is 10.5. The van der Waals surface area contributed by atoms with Crippen molar-refractivity contribution in [2.45, 2.75) is 26.2 Å². The lowest BCUT2D eigenvalue weighted by Gasteiger charge is -2.07. The van der Waals surface area contributed by atoms with Gasteiger partial charge in [0.05, 0.1) is 13.2 Å². The van der Waals surface area contributed by atoms with Crippen molar-refractivity contribution in [1.29, 1.82) is 0 Å². The van der Waals surface area contributed by atoms with Crippen molar-refractivity contribution >= 4 is 12.6 Å². The first-order valence-corrected chi connectivity index (χ1v) is 6.90. The zero-order valence-corrected chi connectivity index (χ0v) is 11.4. The third-order valence-electron chi connectivity index (χ3n) is 2.47. The van der Waals surface area contributed by atoms with Crippen molar-refractivity contribution < 1.29 is 9.47 Å². The fourth-order valence-electron chi connectivity index (χ4n) is 1.52. The molecular formula is C14H22O2S. The summed E-state index contributed by atoms with van der Waals surface area (Å²) in [5, 5.41) is 0. The third-order valence-corrected chi connectivity index (χ3v) is 2.66. The molecule has 96 valence electrons. The van der Waals surface area contributed by atoms with Gasteiger partial charge < -0.3 is 9.47 Å². The molecule has 2 nitrogen and oxygen atoms in total. The van der Waals surface area contributed by atoms with E-state index in [1.807, 2.05) is 12.1 Å². The monoisotopic (exact) mass is 254 g/mol. The number of aryl methyl sites for hydroxylation is 1. The van der Waals surface area contributed by atoms with Crippen LogP contribution in [-0.4, -0.2) is 25.6 Å². The van der Waals surface area contributed by atoms with Crippen LogP contribution in [0.2, 0.25) is 0 Å². The highest BCUT2D eigenvalue weighted by molar-refractivity contribution is 7.80. The van der Waals surface area contributed by atoms with Gasteiger partial charge in [-0.2, -0.15) is 12.6 Å². The lowest BCUT2D eigenvalue weighted by atomic mass is 10.1. The molecule has 0 aromatic heterocycles. The molecule has 0 spiro atoms. The van der Waals surface area contributed by atoms with Crippen molar-refractivity contribution in [2.24, 2.45) is 0 Å². The van der Waals surface area contributed by atoms with Crippen LogP contribution in [0.15, 0.2) is 24.3 Å². The van der Waals surface area contributed by atoms with E-state index in [4.69, 9.17) is 9.47 Å². The van der Waals surface area contributed by atoms with Crippen molar-refractivity contribution in [3.05, 3.63) is 29.8 Å². The largest absolute Gasteiger partial charge is 0.491 e. The zero-order chi connectivity index (χ0) is 12.3. The van der Waals surface area contributed by atoms with Gasteiger partial charge in [0.25, 0.3) is 0 Å². The van der Waals surface area contributed by atoms with Gasteiger partial charge in [0, 0.05) is 5.75 Å². The van der Waals surface area contributed by atoms with Crippen LogP contribution < -0.4 is 4.74 Å². The Bertz CT molecular complexity index is 285. The van der Waals surface area contributed by atoms with Crippen molar-refractivity contribution in [2.75, 3.05) is 25.6 Å². The minimum absolute atomic E-state index is 0.599. The number of ether oxygens (including phenoxy) is 2. The molecule has 0 saturated heterocycles. The highest BCUT2D eigenvalue weighted by Crippen LogP contribution is 2.13. The van der Waals surface area contributed by atoms with E-state index in [0.29, 0.717) is 19.8 Å². The topological polar surface area (TPSA) is 18.5 Å². The standard InChI is InChI=1S/C14H22O2S/c1-2-3-4-13-5-7-14(8-6-13)16-10-9-15-11-12-17/h5-8,17H,2-4,9-12H2,1H3. The number of rotatable bonds is 9. The Hall–Kier alpha value is -0.670. The molecule has 0 amide bonds. The van der Waals surface area contributed by atoms with Gasteiger partial charge in [-0.05, 0) is 30.5 Å². The van der Waals surface area contributed by atoms with Crippen LogP contribution in [0, 0.1) is 0 Å². The molecule has 0 N–H and O–H groups in total. The summed E-state index contributed by atoms with van der Waals surface area (Å²) >= 11 is 4.07. The summed E-state index contributed by atoms with van der Waals surface area (Å²) in [6, 6.07) is 8.34. The van der Waals surface area contributed by atoms with Gasteiger partial charge >= 0.3 is 0 Å². The van der Waals surface area contributed by atoms with Crippen LogP contribution in [0.4, 0.5) is 0 Å². The van der Waals surface area contributed by atoms with Crippen LogP contribution in [-0.2, 0) is 11.2 Å². The Morgan fingerprint density at radius 1 is 1.06 bits per heavy atom. The molecule has 17 heavy (non-hydrogen) atoms. The summed E-state index contributed by atoms with van der Waals surface area (Å²) in [5.74, 6) is 1.67.